The third kappa shape index (κ3) is 4.20. The molecule has 2 atom stereocenters. The van der Waals surface area contributed by atoms with Crippen LogP contribution in [0.1, 0.15) is 29.4 Å². The van der Waals surface area contributed by atoms with Crippen LogP contribution in [0.25, 0.3) is 0 Å². The first kappa shape index (κ1) is 21.9. The molecule has 0 bridgehead atoms. The molecule has 0 fully saturated rings. The van der Waals surface area contributed by atoms with Crippen LogP contribution in [0, 0.1) is 6.92 Å². The zero-order valence-electron chi connectivity index (χ0n) is 18.0. The molecule has 0 saturated heterocycles. The lowest BCUT2D eigenvalue weighted by molar-refractivity contribution is -0.142. The summed E-state index contributed by atoms with van der Waals surface area (Å²) >= 11 is 0. The Kier molecular flexibility index (Phi) is 5.44. The molecule has 0 amide bonds. The van der Waals surface area contributed by atoms with Crippen molar-refractivity contribution < 1.29 is 18.3 Å². The highest BCUT2D eigenvalue weighted by Crippen LogP contribution is 2.33. The number of rotatable bonds is 5. The van der Waals surface area contributed by atoms with Gasteiger partial charge in [-0.25, -0.2) is 4.98 Å². The van der Waals surface area contributed by atoms with Gasteiger partial charge in [0.2, 0.25) is 5.95 Å². The van der Waals surface area contributed by atoms with Crippen molar-refractivity contribution in [2.75, 3.05) is 22.6 Å². The molecule has 10 nitrogen and oxygen atoms in total. The first-order chi connectivity index (χ1) is 15.0. The first-order valence-electron chi connectivity index (χ1n) is 9.94. The minimum absolute atomic E-state index is 0.0445. The number of aryl methyl sites for hydroxylation is 2. The van der Waals surface area contributed by atoms with E-state index in [0.717, 1.165) is 10.2 Å². The van der Waals surface area contributed by atoms with Gasteiger partial charge in [0.15, 0.2) is 11.5 Å². The number of halogens is 3. The molecule has 0 spiro atoms. The van der Waals surface area contributed by atoms with Gasteiger partial charge in [-0.15, -0.1) is 0 Å². The van der Waals surface area contributed by atoms with Crippen LogP contribution in [-0.4, -0.2) is 54.0 Å². The Labute approximate surface area is 182 Å². The van der Waals surface area contributed by atoms with Crippen molar-refractivity contribution in [3.05, 3.63) is 41.1 Å². The Hall–Kier alpha value is -3.35. The van der Waals surface area contributed by atoms with Crippen LogP contribution >= 0.6 is 0 Å². The molecule has 0 saturated carbocycles. The van der Waals surface area contributed by atoms with Gasteiger partial charge in [-0.1, -0.05) is 0 Å². The van der Waals surface area contributed by atoms with Crippen LogP contribution in [0.15, 0.2) is 18.6 Å². The van der Waals surface area contributed by atoms with Crippen LogP contribution in [0.4, 0.5) is 30.6 Å². The lowest BCUT2D eigenvalue weighted by atomic mass is 10.1. The smallest absolute Gasteiger partial charge is 0.372 e. The van der Waals surface area contributed by atoms with Gasteiger partial charge in [0.25, 0.3) is 0 Å². The van der Waals surface area contributed by atoms with Crippen molar-refractivity contribution in [1.82, 2.24) is 29.5 Å². The Morgan fingerprint density at radius 2 is 1.97 bits per heavy atom. The molecule has 4 heterocycles. The number of aliphatic hydroxyl groups is 1. The van der Waals surface area contributed by atoms with Gasteiger partial charge >= 0.3 is 6.18 Å². The molecule has 4 rings (SSSR count). The second kappa shape index (κ2) is 7.97. The standard InChI is InChI=1S/C19H24F3N9O/c1-10-14-16(30(4)11(2)17(32)26-14)27-18(25-10)23-5-12-6-24-31(7-12)9-13-8-29(3)28-15(13)19(20,21)22/h6-8,11,17,26,32H,5,9H2,1-4H3,(H,23,25,27)/t11-,17?/m0/s1. The van der Waals surface area contributed by atoms with Crippen molar-refractivity contribution in [1.29, 1.82) is 0 Å². The molecule has 0 aliphatic carbocycles. The second-order valence-electron chi connectivity index (χ2n) is 7.85. The predicted molar refractivity (Wildman–Crippen MR) is 111 cm³/mol. The molecule has 0 aromatic carbocycles. The molecule has 3 N–H and O–H groups in total. The zero-order chi connectivity index (χ0) is 23.2. The van der Waals surface area contributed by atoms with Crippen LogP contribution in [0.3, 0.4) is 0 Å². The van der Waals surface area contributed by atoms with E-state index in [1.807, 2.05) is 25.8 Å². The largest absolute Gasteiger partial charge is 0.435 e. The summed E-state index contributed by atoms with van der Waals surface area (Å²) in [7, 11) is 3.30. The average molecular weight is 451 g/mol. The molecule has 0 radical (unpaired) electrons. The van der Waals surface area contributed by atoms with Gasteiger partial charge in [-0.2, -0.15) is 28.4 Å². The molecule has 1 unspecified atom stereocenters. The molecule has 1 aliphatic heterocycles. The summed E-state index contributed by atoms with van der Waals surface area (Å²) in [6.45, 7) is 3.99. The van der Waals surface area contributed by atoms with Gasteiger partial charge in [0, 0.05) is 44.2 Å². The van der Waals surface area contributed by atoms with Crippen molar-refractivity contribution in [2.24, 2.45) is 7.05 Å². The highest BCUT2D eigenvalue weighted by Gasteiger charge is 2.37. The number of hydrogen-bond acceptors (Lipinski definition) is 8. The highest BCUT2D eigenvalue weighted by molar-refractivity contribution is 5.72. The highest BCUT2D eigenvalue weighted by atomic mass is 19.4. The molecule has 32 heavy (non-hydrogen) atoms. The topological polar surface area (TPSA) is 109 Å². The number of fused-ring (bicyclic) bond motifs is 1. The third-order valence-corrected chi connectivity index (χ3v) is 5.41. The fraction of sp³-hybridized carbons (Fsp3) is 0.474. The van der Waals surface area contributed by atoms with E-state index in [1.54, 1.807) is 12.4 Å². The summed E-state index contributed by atoms with van der Waals surface area (Å²) in [5.74, 6) is 1.07. The zero-order valence-corrected chi connectivity index (χ0v) is 18.0. The van der Waals surface area contributed by atoms with Gasteiger partial charge in [0.1, 0.15) is 11.9 Å². The lowest BCUT2D eigenvalue weighted by Gasteiger charge is -2.37. The van der Waals surface area contributed by atoms with Crippen LogP contribution in [-0.2, 0) is 26.3 Å². The minimum Gasteiger partial charge on any atom is -0.372 e. The maximum absolute atomic E-state index is 13.2. The SMILES string of the molecule is Cc1nc(NCc2cnn(Cc3cn(C)nc3C(F)(F)F)c2)nc2c1NC(O)[C@H](C)N2C. The normalized spacial score (nSPS) is 18.4. The quantitative estimate of drug-likeness (QED) is 0.540. The lowest BCUT2D eigenvalue weighted by Crippen LogP contribution is -2.48. The summed E-state index contributed by atoms with van der Waals surface area (Å²) in [6, 6.07) is -0.169. The van der Waals surface area contributed by atoms with Gasteiger partial charge < -0.3 is 20.6 Å². The number of hydrogen-bond donors (Lipinski definition) is 3. The predicted octanol–water partition coefficient (Wildman–Crippen LogP) is 1.96. The van der Waals surface area contributed by atoms with E-state index in [9.17, 15) is 18.3 Å². The molecule has 172 valence electrons. The number of aromatic nitrogens is 6. The van der Waals surface area contributed by atoms with E-state index in [0.29, 0.717) is 29.7 Å². The Morgan fingerprint density at radius 1 is 1.22 bits per heavy atom. The fourth-order valence-corrected chi connectivity index (χ4v) is 3.57. The van der Waals surface area contributed by atoms with E-state index in [4.69, 9.17) is 0 Å². The second-order valence-corrected chi connectivity index (χ2v) is 7.85. The summed E-state index contributed by atoms with van der Waals surface area (Å²) in [6.07, 6.45) is -0.664. The minimum atomic E-state index is -4.52. The van der Waals surface area contributed by atoms with Crippen molar-refractivity contribution in [3.63, 3.8) is 0 Å². The number of anilines is 3. The molecule has 13 heteroatoms. The Balaban J connectivity index is 1.46. The molecular formula is C19H24F3N9O. The molecule has 1 aliphatic rings. The summed E-state index contributed by atoms with van der Waals surface area (Å²) < 4.78 is 42.0. The van der Waals surface area contributed by atoms with E-state index >= 15 is 0 Å². The average Bonchev–Trinajstić information content (AvgIpc) is 3.31. The first-order valence-corrected chi connectivity index (χ1v) is 9.94. The number of nitrogens with zero attached hydrogens (tertiary/aromatic N) is 7. The van der Waals surface area contributed by atoms with Crippen molar-refractivity contribution >= 4 is 17.5 Å². The maximum atomic E-state index is 13.2. The van der Waals surface area contributed by atoms with Gasteiger partial charge in [-0.3, -0.25) is 9.36 Å². The number of nitrogens with one attached hydrogen (secondary N) is 2. The Morgan fingerprint density at radius 3 is 2.69 bits per heavy atom. The fourth-order valence-electron chi connectivity index (χ4n) is 3.57. The Bertz CT molecular complexity index is 1120. The van der Waals surface area contributed by atoms with Crippen molar-refractivity contribution in [3.8, 4) is 0 Å². The third-order valence-electron chi connectivity index (χ3n) is 5.41. The van der Waals surface area contributed by atoms with Gasteiger partial charge in [-0.05, 0) is 13.8 Å². The van der Waals surface area contributed by atoms with Crippen molar-refractivity contribution in [2.45, 2.75) is 45.4 Å². The monoisotopic (exact) mass is 451 g/mol. The summed E-state index contributed by atoms with van der Waals surface area (Å²) in [5, 5.41) is 23.9. The van der Waals surface area contributed by atoms with E-state index in [1.165, 1.54) is 17.9 Å². The number of aliphatic hydroxyl groups excluding tert-OH is 1. The van der Waals surface area contributed by atoms with E-state index in [2.05, 4.69) is 30.8 Å². The summed E-state index contributed by atoms with van der Waals surface area (Å²) in [5.41, 5.74) is 1.25. The number of alkyl halides is 3. The maximum Gasteiger partial charge on any atom is 0.435 e. The number of likely N-dealkylation sites (N-methyl/N-ethyl adjacent to an activating group) is 1. The summed E-state index contributed by atoms with van der Waals surface area (Å²) in [4.78, 5) is 10.8. The van der Waals surface area contributed by atoms with E-state index in [-0.39, 0.29) is 18.2 Å². The van der Waals surface area contributed by atoms with E-state index < -0.39 is 18.1 Å². The van der Waals surface area contributed by atoms with Crippen LogP contribution in [0.2, 0.25) is 0 Å². The molecule has 3 aromatic heterocycles. The molecule has 3 aromatic rings. The van der Waals surface area contributed by atoms with Crippen LogP contribution in [0.5, 0.6) is 0 Å². The van der Waals surface area contributed by atoms with Gasteiger partial charge in [0.05, 0.1) is 24.5 Å². The molecular weight excluding hydrogens is 427 g/mol. The van der Waals surface area contributed by atoms with Crippen LogP contribution < -0.4 is 15.5 Å².